The highest BCUT2D eigenvalue weighted by Gasteiger charge is 2.22. The lowest BCUT2D eigenvalue weighted by Gasteiger charge is -2.30. The zero-order valence-electron chi connectivity index (χ0n) is 12.5. The van der Waals surface area contributed by atoms with E-state index in [0.29, 0.717) is 19.5 Å². The molecule has 2 rings (SSSR count). The Labute approximate surface area is 126 Å². The number of aryl methyl sites for hydroxylation is 1. The van der Waals surface area contributed by atoms with Gasteiger partial charge in [0.2, 0.25) is 11.8 Å². The van der Waals surface area contributed by atoms with Gasteiger partial charge in [-0.3, -0.25) is 9.59 Å². The molecule has 21 heavy (non-hydrogen) atoms. The second-order valence-electron chi connectivity index (χ2n) is 5.28. The van der Waals surface area contributed by atoms with Crippen LogP contribution in [0, 0.1) is 0 Å². The molecule has 0 saturated heterocycles. The second-order valence-corrected chi connectivity index (χ2v) is 5.28. The van der Waals surface area contributed by atoms with Gasteiger partial charge in [0.05, 0.1) is 0 Å². The monoisotopic (exact) mass is 286 g/mol. The molecule has 4 heteroatoms. The van der Waals surface area contributed by atoms with Crippen molar-refractivity contribution in [2.45, 2.75) is 26.2 Å². The zero-order valence-corrected chi connectivity index (χ0v) is 12.5. The fraction of sp³-hybridized carbons (Fsp3) is 0.412. The lowest BCUT2D eigenvalue weighted by Crippen LogP contribution is -2.38. The molecule has 0 saturated carbocycles. The quantitative estimate of drug-likeness (QED) is 0.780. The highest BCUT2D eigenvalue weighted by molar-refractivity contribution is 5.94. The van der Waals surface area contributed by atoms with Crippen molar-refractivity contribution < 1.29 is 9.59 Å². The van der Waals surface area contributed by atoms with Crippen LogP contribution >= 0.6 is 0 Å². The third-order valence-corrected chi connectivity index (χ3v) is 3.80. The average molecular weight is 286 g/mol. The van der Waals surface area contributed by atoms with Gasteiger partial charge in [0.1, 0.15) is 0 Å². The highest BCUT2D eigenvalue weighted by atomic mass is 16.2. The van der Waals surface area contributed by atoms with Gasteiger partial charge in [-0.05, 0) is 24.5 Å². The third-order valence-electron chi connectivity index (χ3n) is 3.80. The van der Waals surface area contributed by atoms with E-state index in [1.165, 1.54) is 12.5 Å². The summed E-state index contributed by atoms with van der Waals surface area (Å²) < 4.78 is 0. The minimum atomic E-state index is -0.0262. The van der Waals surface area contributed by atoms with Crippen molar-refractivity contribution in [2.75, 3.05) is 24.5 Å². The molecule has 0 aromatic heterocycles. The molecular formula is C17H22N2O2. The molecule has 2 amide bonds. The van der Waals surface area contributed by atoms with Crippen LogP contribution in [0.4, 0.5) is 5.69 Å². The summed E-state index contributed by atoms with van der Waals surface area (Å²) in [7, 11) is 0. The molecular weight excluding hydrogens is 264 g/mol. The van der Waals surface area contributed by atoms with Crippen LogP contribution < -0.4 is 4.90 Å². The Morgan fingerprint density at radius 1 is 1.38 bits per heavy atom. The molecule has 0 aliphatic carbocycles. The van der Waals surface area contributed by atoms with Crippen LogP contribution in [0.5, 0.6) is 0 Å². The standard InChI is InChI=1S/C17H22N2O2/c1-3-11-18(14(2)20)13-10-17(21)19-12-6-8-15-7-4-5-9-16(15)19/h3-5,7,9H,1,6,8,10-13H2,2H3. The molecule has 0 radical (unpaired) electrons. The molecule has 1 aliphatic rings. The SMILES string of the molecule is C=CCN(CCC(=O)N1CCCc2ccccc21)C(C)=O. The summed E-state index contributed by atoms with van der Waals surface area (Å²) in [5.41, 5.74) is 2.25. The number of carbonyl (C=O) groups is 2. The lowest BCUT2D eigenvalue weighted by molar-refractivity contribution is -0.129. The summed E-state index contributed by atoms with van der Waals surface area (Å²) in [5, 5.41) is 0. The van der Waals surface area contributed by atoms with Gasteiger partial charge in [0.15, 0.2) is 0 Å². The molecule has 0 bridgehead atoms. The van der Waals surface area contributed by atoms with Crippen molar-refractivity contribution in [1.82, 2.24) is 4.90 Å². The molecule has 0 N–H and O–H groups in total. The topological polar surface area (TPSA) is 40.6 Å². The lowest BCUT2D eigenvalue weighted by atomic mass is 10.0. The normalized spacial score (nSPS) is 13.5. The van der Waals surface area contributed by atoms with E-state index in [1.807, 2.05) is 23.1 Å². The van der Waals surface area contributed by atoms with Crippen LogP contribution in [-0.2, 0) is 16.0 Å². The first-order valence-corrected chi connectivity index (χ1v) is 7.38. The van der Waals surface area contributed by atoms with Crippen molar-refractivity contribution >= 4 is 17.5 Å². The van der Waals surface area contributed by atoms with Gasteiger partial charge in [0.25, 0.3) is 0 Å². The Kier molecular flexibility index (Phi) is 5.14. The van der Waals surface area contributed by atoms with Gasteiger partial charge in [-0.25, -0.2) is 0 Å². The summed E-state index contributed by atoms with van der Waals surface area (Å²) in [6.07, 6.45) is 4.05. The average Bonchev–Trinajstić information content (AvgIpc) is 2.50. The van der Waals surface area contributed by atoms with E-state index in [1.54, 1.807) is 11.0 Å². The van der Waals surface area contributed by atoms with Crippen molar-refractivity contribution in [1.29, 1.82) is 0 Å². The maximum absolute atomic E-state index is 12.5. The van der Waals surface area contributed by atoms with Crippen molar-refractivity contribution in [3.63, 3.8) is 0 Å². The van der Waals surface area contributed by atoms with Crippen LogP contribution in [0.25, 0.3) is 0 Å². The van der Waals surface area contributed by atoms with Gasteiger partial charge in [-0.15, -0.1) is 6.58 Å². The van der Waals surface area contributed by atoms with Crippen LogP contribution in [-0.4, -0.2) is 36.3 Å². The number of rotatable bonds is 5. The smallest absolute Gasteiger partial charge is 0.228 e. The summed E-state index contributed by atoms with van der Waals surface area (Å²) >= 11 is 0. The fourth-order valence-electron chi connectivity index (χ4n) is 2.69. The van der Waals surface area contributed by atoms with E-state index < -0.39 is 0 Å². The van der Waals surface area contributed by atoms with Crippen LogP contribution in [0.3, 0.4) is 0 Å². The minimum absolute atomic E-state index is 0.0262. The van der Waals surface area contributed by atoms with E-state index in [2.05, 4.69) is 12.6 Å². The predicted molar refractivity (Wildman–Crippen MR) is 84.2 cm³/mol. The van der Waals surface area contributed by atoms with E-state index in [9.17, 15) is 9.59 Å². The predicted octanol–water partition coefficient (Wildman–Crippen LogP) is 2.39. The number of para-hydroxylation sites is 1. The van der Waals surface area contributed by atoms with Gasteiger partial charge in [0, 0.05) is 38.7 Å². The van der Waals surface area contributed by atoms with Crippen molar-refractivity contribution in [2.24, 2.45) is 0 Å². The molecule has 0 spiro atoms. The highest BCUT2D eigenvalue weighted by Crippen LogP contribution is 2.27. The fourth-order valence-corrected chi connectivity index (χ4v) is 2.69. The zero-order chi connectivity index (χ0) is 15.2. The number of hydrogen-bond donors (Lipinski definition) is 0. The first kappa shape index (κ1) is 15.3. The number of hydrogen-bond acceptors (Lipinski definition) is 2. The third kappa shape index (κ3) is 3.72. The number of anilines is 1. The van der Waals surface area contributed by atoms with E-state index >= 15 is 0 Å². The molecule has 1 heterocycles. The molecule has 112 valence electrons. The minimum Gasteiger partial charge on any atom is -0.339 e. The van der Waals surface area contributed by atoms with Crippen LogP contribution in [0.2, 0.25) is 0 Å². The number of amides is 2. The molecule has 1 aromatic carbocycles. The Bertz CT molecular complexity index is 539. The first-order chi connectivity index (χ1) is 10.1. The van der Waals surface area contributed by atoms with Crippen molar-refractivity contribution in [3.8, 4) is 0 Å². The Hall–Kier alpha value is -2.10. The molecule has 1 aromatic rings. The molecule has 4 nitrogen and oxygen atoms in total. The van der Waals surface area contributed by atoms with E-state index in [4.69, 9.17) is 0 Å². The van der Waals surface area contributed by atoms with Crippen molar-refractivity contribution in [3.05, 3.63) is 42.5 Å². The Morgan fingerprint density at radius 2 is 2.14 bits per heavy atom. The summed E-state index contributed by atoms with van der Waals surface area (Å²) in [5.74, 6) is 0.0548. The number of benzene rings is 1. The number of nitrogens with zero attached hydrogens (tertiary/aromatic N) is 2. The van der Waals surface area contributed by atoms with Crippen LogP contribution in [0.15, 0.2) is 36.9 Å². The number of fused-ring (bicyclic) bond motifs is 1. The summed E-state index contributed by atoms with van der Waals surface area (Å²) in [4.78, 5) is 27.4. The van der Waals surface area contributed by atoms with Gasteiger partial charge in [-0.1, -0.05) is 24.3 Å². The maximum Gasteiger partial charge on any atom is 0.228 e. The van der Waals surface area contributed by atoms with Gasteiger partial charge in [-0.2, -0.15) is 0 Å². The molecule has 0 unspecified atom stereocenters. The van der Waals surface area contributed by atoms with Gasteiger partial charge >= 0.3 is 0 Å². The summed E-state index contributed by atoms with van der Waals surface area (Å²) in [6, 6.07) is 8.05. The Balaban J connectivity index is 2.01. The largest absolute Gasteiger partial charge is 0.339 e. The summed E-state index contributed by atoms with van der Waals surface area (Å²) in [6.45, 7) is 6.85. The van der Waals surface area contributed by atoms with Gasteiger partial charge < -0.3 is 9.80 Å². The number of carbonyl (C=O) groups excluding carboxylic acids is 2. The van der Waals surface area contributed by atoms with E-state index in [-0.39, 0.29) is 11.8 Å². The first-order valence-electron chi connectivity index (χ1n) is 7.38. The van der Waals surface area contributed by atoms with E-state index in [0.717, 1.165) is 25.1 Å². The second kappa shape index (κ2) is 7.07. The molecule has 0 fully saturated rings. The molecule has 1 aliphatic heterocycles. The molecule has 0 atom stereocenters. The maximum atomic E-state index is 12.5. The Morgan fingerprint density at radius 3 is 2.86 bits per heavy atom. The van der Waals surface area contributed by atoms with Crippen LogP contribution in [0.1, 0.15) is 25.3 Å².